The molecule has 0 saturated carbocycles. The quantitative estimate of drug-likeness (QED) is 0.404. The van der Waals surface area contributed by atoms with Gasteiger partial charge in [0, 0.05) is 23.7 Å². The number of hydrogen-bond acceptors (Lipinski definition) is 6. The van der Waals surface area contributed by atoms with Crippen molar-refractivity contribution in [3.63, 3.8) is 0 Å². The van der Waals surface area contributed by atoms with Crippen LogP contribution in [-0.2, 0) is 13.1 Å². The molecular weight excluding hydrogens is 420 g/mol. The fourth-order valence-electron chi connectivity index (χ4n) is 3.72. The van der Waals surface area contributed by atoms with Gasteiger partial charge in [-0.05, 0) is 42.0 Å². The van der Waals surface area contributed by atoms with Crippen LogP contribution in [0.3, 0.4) is 0 Å². The third-order valence-electron chi connectivity index (χ3n) is 5.38. The zero-order valence-corrected chi connectivity index (χ0v) is 18.1. The maximum absolute atomic E-state index is 13.3. The van der Waals surface area contributed by atoms with Crippen molar-refractivity contribution >= 4 is 5.91 Å². The van der Waals surface area contributed by atoms with Gasteiger partial charge in [-0.15, -0.1) is 0 Å². The third-order valence-corrected chi connectivity index (χ3v) is 5.38. The van der Waals surface area contributed by atoms with Crippen molar-refractivity contribution in [2.24, 2.45) is 0 Å². The van der Waals surface area contributed by atoms with E-state index in [1.807, 2.05) is 66.7 Å². The molecule has 0 aliphatic carbocycles. The average Bonchev–Trinajstić information content (AvgIpc) is 3.53. The summed E-state index contributed by atoms with van der Waals surface area (Å²) in [5, 5.41) is 4.21. The molecule has 1 aromatic heterocycles. The summed E-state index contributed by atoms with van der Waals surface area (Å²) >= 11 is 0. The van der Waals surface area contributed by atoms with Crippen LogP contribution in [0, 0.1) is 0 Å². The van der Waals surface area contributed by atoms with Gasteiger partial charge < -0.3 is 23.6 Å². The molecule has 4 aromatic rings. The number of carbonyl (C=O) groups is 1. The minimum Gasteiger partial charge on any atom is -0.497 e. The topological polar surface area (TPSA) is 74.0 Å². The molecule has 0 spiro atoms. The van der Waals surface area contributed by atoms with Gasteiger partial charge in [0.25, 0.3) is 5.91 Å². The zero-order valence-electron chi connectivity index (χ0n) is 18.1. The molecular formula is C26H22N2O5. The van der Waals surface area contributed by atoms with Crippen molar-refractivity contribution in [3.05, 3.63) is 95.7 Å². The first-order chi connectivity index (χ1) is 16.2. The van der Waals surface area contributed by atoms with Crippen LogP contribution in [0.2, 0.25) is 0 Å². The molecule has 5 rings (SSSR count). The van der Waals surface area contributed by atoms with Gasteiger partial charge in [-0.25, -0.2) is 0 Å². The SMILES string of the molecule is COc1cccc(-c2cc(CN(Cc3ccc4c(c3)OCO4)C(=O)c3ccccc3)no2)c1. The van der Waals surface area contributed by atoms with Crippen LogP contribution in [0.25, 0.3) is 11.3 Å². The number of nitrogens with zero attached hydrogens (tertiary/aromatic N) is 2. The lowest BCUT2D eigenvalue weighted by Gasteiger charge is -2.22. The second-order valence-corrected chi connectivity index (χ2v) is 7.63. The summed E-state index contributed by atoms with van der Waals surface area (Å²) in [6, 6.07) is 24.3. The molecule has 0 saturated heterocycles. The normalized spacial score (nSPS) is 11.9. The Morgan fingerprint density at radius 1 is 0.939 bits per heavy atom. The second-order valence-electron chi connectivity index (χ2n) is 7.63. The molecule has 2 heterocycles. The smallest absolute Gasteiger partial charge is 0.254 e. The number of benzene rings is 3. The van der Waals surface area contributed by atoms with Crippen molar-refractivity contribution in [3.8, 4) is 28.6 Å². The van der Waals surface area contributed by atoms with Crippen LogP contribution in [0.1, 0.15) is 21.6 Å². The molecule has 7 heteroatoms. The van der Waals surface area contributed by atoms with E-state index in [1.54, 1.807) is 24.1 Å². The molecule has 1 aliphatic heterocycles. The van der Waals surface area contributed by atoms with Crippen LogP contribution in [0.4, 0.5) is 0 Å². The fourth-order valence-corrected chi connectivity index (χ4v) is 3.72. The number of fused-ring (bicyclic) bond motifs is 1. The van der Waals surface area contributed by atoms with Gasteiger partial charge in [0.15, 0.2) is 17.3 Å². The summed E-state index contributed by atoms with van der Waals surface area (Å²) in [4.78, 5) is 15.1. The molecule has 1 amide bonds. The Kier molecular flexibility index (Phi) is 5.68. The third kappa shape index (κ3) is 4.52. The van der Waals surface area contributed by atoms with E-state index in [-0.39, 0.29) is 19.2 Å². The van der Waals surface area contributed by atoms with Crippen LogP contribution < -0.4 is 14.2 Å². The number of aromatic nitrogens is 1. The molecule has 0 radical (unpaired) electrons. The predicted octanol–water partition coefficient (Wildman–Crippen LogP) is 4.92. The predicted molar refractivity (Wildman–Crippen MR) is 121 cm³/mol. The minimum absolute atomic E-state index is 0.0980. The molecule has 0 N–H and O–H groups in total. The van der Waals surface area contributed by atoms with Gasteiger partial charge in [0.05, 0.1) is 13.7 Å². The Balaban J connectivity index is 1.41. The average molecular weight is 442 g/mol. The summed E-state index contributed by atoms with van der Waals surface area (Å²) in [6.07, 6.45) is 0. The van der Waals surface area contributed by atoms with Crippen molar-refractivity contribution in [2.75, 3.05) is 13.9 Å². The number of ether oxygens (including phenoxy) is 3. The maximum atomic E-state index is 13.3. The molecule has 166 valence electrons. The van der Waals surface area contributed by atoms with E-state index in [0.717, 1.165) is 16.9 Å². The van der Waals surface area contributed by atoms with Crippen molar-refractivity contribution < 1.29 is 23.5 Å². The molecule has 0 unspecified atom stereocenters. The highest BCUT2D eigenvalue weighted by atomic mass is 16.7. The number of carbonyl (C=O) groups excluding carboxylic acids is 1. The standard InChI is InChI=1S/C26H22N2O5/c1-30-22-9-5-8-20(13-22)24-14-21(27-33-24)16-28(26(29)19-6-3-2-4-7-19)15-18-10-11-23-25(12-18)32-17-31-23/h2-14H,15-17H2,1H3. The second kappa shape index (κ2) is 9.08. The highest BCUT2D eigenvalue weighted by Crippen LogP contribution is 2.33. The summed E-state index contributed by atoms with van der Waals surface area (Å²) in [7, 11) is 1.62. The molecule has 33 heavy (non-hydrogen) atoms. The lowest BCUT2D eigenvalue weighted by molar-refractivity contribution is 0.0726. The molecule has 3 aromatic carbocycles. The number of amides is 1. The van der Waals surface area contributed by atoms with Gasteiger partial charge in [-0.2, -0.15) is 0 Å². The van der Waals surface area contributed by atoms with E-state index in [0.29, 0.717) is 35.1 Å². The number of rotatable bonds is 7. The number of hydrogen-bond donors (Lipinski definition) is 0. The van der Waals surface area contributed by atoms with Crippen molar-refractivity contribution in [1.82, 2.24) is 10.1 Å². The van der Waals surface area contributed by atoms with Gasteiger partial charge in [-0.1, -0.05) is 41.6 Å². The fraction of sp³-hybridized carbons (Fsp3) is 0.154. The van der Waals surface area contributed by atoms with E-state index >= 15 is 0 Å². The highest BCUT2D eigenvalue weighted by Gasteiger charge is 2.21. The van der Waals surface area contributed by atoms with Crippen LogP contribution >= 0.6 is 0 Å². The minimum atomic E-state index is -0.0980. The molecule has 0 fully saturated rings. The van der Waals surface area contributed by atoms with Crippen LogP contribution in [0.15, 0.2) is 83.4 Å². The summed E-state index contributed by atoms with van der Waals surface area (Å²) in [6.45, 7) is 0.874. The first-order valence-corrected chi connectivity index (χ1v) is 10.5. The molecule has 0 atom stereocenters. The van der Waals surface area contributed by atoms with Gasteiger partial charge >= 0.3 is 0 Å². The monoisotopic (exact) mass is 442 g/mol. The van der Waals surface area contributed by atoms with Crippen molar-refractivity contribution in [2.45, 2.75) is 13.1 Å². The Morgan fingerprint density at radius 3 is 2.64 bits per heavy atom. The van der Waals surface area contributed by atoms with Gasteiger partial charge in [-0.3, -0.25) is 4.79 Å². The Labute approximate surface area is 191 Å². The summed E-state index contributed by atoms with van der Waals surface area (Å²) in [5.74, 6) is 2.63. The number of methoxy groups -OCH3 is 1. The maximum Gasteiger partial charge on any atom is 0.254 e. The summed E-state index contributed by atoms with van der Waals surface area (Å²) < 4.78 is 21.7. The van der Waals surface area contributed by atoms with E-state index < -0.39 is 0 Å². The Bertz CT molecular complexity index is 1270. The summed E-state index contributed by atoms with van der Waals surface area (Å²) in [5.41, 5.74) is 3.04. The Hall–Kier alpha value is -4.26. The van der Waals surface area contributed by atoms with Crippen LogP contribution in [0.5, 0.6) is 17.2 Å². The first kappa shape index (κ1) is 20.6. The molecule has 7 nitrogen and oxygen atoms in total. The van der Waals surface area contributed by atoms with E-state index in [4.69, 9.17) is 18.7 Å². The largest absolute Gasteiger partial charge is 0.497 e. The zero-order chi connectivity index (χ0) is 22.6. The first-order valence-electron chi connectivity index (χ1n) is 10.5. The molecule has 1 aliphatic rings. The van der Waals surface area contributed by atoms with Gasteiger partial charge in [0.1, 0.15) is 11.4 Å². The Morgan fingerprint density at radius 2 is 1.79 bits per heavy atom. The lowest BCUT2D eigenvalue weighted by Crippen LogP contribution is -2.30. The molecule has 0 bridgehead atoms. The van der Waals surface area contributed by atoms with Crippen molar-refractivity contribution in [1.29, 1.82) is 0 Å². The lowest BCUT2D eigenvalue weighted by atomic mass is 10.1. The van der Waals surface area contributed by atoms with E-state index in [1.165, 1.54) is 0 Å². The van der Waals surface area contributed by atoms with Gasteiger partial charge in [0.2, 0.25) is 6.79 Å². The van der Waals surface area contributed by atoms with E-state index in [9.17, 15) is 4.79 Å². The van der Waals surface area contributed by atoms with Crippen LogP contribution in [-0.4, -0.2) is 29.9 Å². The highest BCUT2D eigenvalue weighted by molar-refractivity contribution is 5.94. The van der Waals surface area contributed by atoms with E-state index in [2.05, 4.69) is 5.16 Å².